The molecule has 1 aromatic heterocycles. The number of thioether (sulfide) groups is 1. The van der Waals surface area contributed by atoms with Gasteiger partial charge in [0.05, 0.1) is 23.7 Å². The van der Waals surface area contributed by atoms with E-state index in [0.717, 1.165) is 34.8 Å². The molecule has 104 valence electrons. The van der Waals surface area contributed by atoms with Crippen molar-refractivity contribution in [3.8, 4) is 5.75 Å². The van der Waals surface area contributed by atoms with E-state index in [0.29, 0.717) is 6.61 Å². The largest absolute Gasteiger partial charge is 0.494 e. The molecular weight excluding hydrogens is 258 g/mol. The van der Waals surface area contributed by atoms with Crippen molar-refractivity contribution < 1.29 is 4.74 Å². The maximum Gasteiger partial charge on any atom is 0.126 e. The number of rotatable bonds is 6. The van der Waals surface area contributed by atoms with Gasteiger partial charge in [-0.1, -0.05) is 0 Å². The summed E-state index contributed by atoms with van der Waals surface area (Å²) < 4.78 is 7.58. The van der Waals surface area contributed by atoms with Gasteiger partial charge in [0.15, 0.2) is 0 Å². The molecule has 0 amide bonds. The van der Waals surface area contributed by atoms with Gasteiger partial charge in [0.25, 0.3) is 0 Å². The summed E-state index contributed by atoms with van der Waals surface area (Å²) in [5.74, 6) is 2.85. The second kappa shape index (κ2) is 6.30. The molecule has 5 heteroatoms. The standard InChI is InChI=1S/C14H21N3OS/c1-4-18-10-5-6-13-12(9-10)16-14(17(13)2)11(15)7-8-19-3/h5-6,9,11H,4,7-8,15H2,1-3H3. The third-order valence-corrected chi connectivity index (χ3v) is 3.81. The molecule has 4 nitrogen and oxygen atoms in total. The number of fused-ring (bicyclic) bond motifs is 1. The minimum absolute atomic E-state index is 0.0135. The van der Waals surface area contributed by atoms with E-state index in [1.165, 1.54) is 0 Å². The second-order valence-corrected chi connectivity index (χ2v) is 5.49. The van der Waals surface area contributed by atoms with Gasteiger partial charge in [-0.3, -0.25) is 0 Å². The minimum Gasteiger partial charge on any atom is -0.494 e. The molecule has 1 heterocycles. The Morgan fingerprint density at radius 1 is 1.47 bits per heavy atom. The van der Waals surface area contributed by atoms with Crippen molar-refractivity contribution in [1.82, 2.24) is 9.55 Å². The van der Waals surface area contributed by atoms with E-state index in [9.17, 15) is 0 Å². The van der Waals surface area contributed by atoms with E-state index in [2.05, 4.69) is 15.8 Å². The van der Waals surface area contributed by atoms with E-state index < -0.39 is 0 Å². The highest BCUT2D eigenvalue weighted by Crippen LogP contribution is 2.24. The van der Waals surface area contributed by atoms with Crippen LogP contribution in [-0.2, 0) is 7.05 Å². The van der Waals surface area contributed by atoms with Crippen LogP contribution < -0.4 is 10.5 Å². The van der Waals surface area contributed by atoms with Gasteiger partial charge >= 0.3 is 0 Å². The molecule has 1 atom stereocenters. The van der Waals surface area contributed by atoms with E-state index in [1.54, 1.807) is 0 Å². The third-order valence-electron chi connectivity index (χ3n) is 3.16. The van der Waals surface area contributed by atoms with Gasteiger partial charge in [-0.05, 0) is 37.5 Å². The average molecular weight is 279 g/mol. The molecule has 0 bridgehead atoms. The van der Waals surface area contributed by atoms with Crippen LogP contribution in [0.1, 0.15) is 25.2 Å². The second-order valence-electron chi connectivity index (χ2n) is 4.50. The Morgan fingerprint density at radius 2 is 2.26 bits per heavy atom. The van der Waals surface area contributed by atoms with Crippen LogP contribution in [0.15, 0.2) is 18.2 Å². The number of benzene rings is 1. The monoisotopic (exact) mass is 279 g/mol. The van der Waals surface area contributed by atoms with Crippen molar-refractivity contribution in [3.63, 3.8) is 0 Å². The van der Waals surface area contributed by atoms with Crippen LogP contribution in [0.3, 0.4) is 0 Å². The van der Waals surface area contributed by atoms with Crippen LogP contribution in [0.25, 0.3) is 11.0 Å². The number of hydrogen-bond acceptors (Lipinski definition) is 4. The van der Waals surface area contributed by atoms with Gasteiger partial charge in [0.2, 0.25) is 0 Å². The highest BCUT2D eigenvalue weighted by atomic mass is 32.2. The maximum atomic E-state index is 6.21. The topological polar surface area (TPSA) is 53.1 Å². The Morgan fingerprint density at radius 3 is 2.95 bits per heavy atom. The van der Waals surface area contributed by atoms with E-state index in [-0.39, 0.29) is 6.04 Å². The van der Waals surface area contributed by atoms with Gasteiger partial charge in [0.1, 0.15) is 11.6 Å². The number of imidazole rings is 1. The van der Waals surface area contributed by atoms with Crippen LogP contribution in [0.2, 0.25) is 0 Å². The fourth-order valence-corrected chi connectivity index (χ4v) is 2.65. The quantitative estimate of drug-likeness (QED) is 0.883. The molecule has 0 fully saturated rings. The lowest BCUT2D eigenvalue weighted by atomic mass is 10.2. The molecule has 0 aliphatic heterocycles. The Bertz CT molecular complexity index is 553. The van der Waals surface area contributed by atoms with Crippen LogP contribution >= 0.6 is 11.8 Å². The average Bonchev–Trinajstić information content (AvgIpc) is 2.73. The predicted molar refractivity (Wildman–Crippen MR) is 81.8 cm³/mol. The SMILES string of the molecule is CCOc1ccc2c(c1)nc(C(N)CCSC)n2C. The van der Waals surface area contributed by atoms with E-state index in [4.69, 9.17) is 10.5 Å². The zero-order chi connectivity index (χ0) is 13.8. The van der Waals surface area contributed by atoms with Gasteiger partial charge < -0.3 is 15.0 Å². The summed E-state index contributed by atoms with van der Waals surface area (Å²) in [4.78, 5) is 4.66. The zero-order valence-corrected chi connectivity index (χ0v) is 12.5. The maximum absolute atomic E-state index is 6.21. The molecule has 0 radical (unpaired) electrons. The first-order chi connectivity index (χ1) is 9.17. The van der Waals surface area contributed by atoms with Gasteiger partial charge in [-0.2, -0.15) is 11.8 Å². The summed E-state index contributed by atoms with van der Waals surface area (Å²) in [5, 5.41) is 0. The van der Waals surface area contributed by atoms with Crippen molar-refractivity contribution in [2.24, 2.45) is 12.8 Å². The van der Waals surface area contributed by atoms with Crippen LogP contribution in [0.5, 0.6) is 5.75 Å². The molecule has 0 saturated heterocycles. The molecule has 0 spiro atoms. The Kier molecular flexibility index (Phi) is 4.71. The molecule has 0 aliphatic rings. The first kappa shape index (κ1) is 14.2. The van der Waals surface area contributed by atoms with Crippen molar-refractivity contribution in [2.75, 3.05) is 18.6 Å². The fraction of sp³-hybridized carbons (Fsp3) is 0.500. The molecule has 0 aliphatic carbocycles. The van der Waals surface area contributed by atoms with Gasteiger partial charge in [-0.15, -0.1) is 0 Å². The first-order valence-electron chi connectivity index (χ1n) is 6.51. The molecule has 2 N–H and O–H groups in total. The van der Waals surface area contributed by atoms with Crippen LogP contribution in [0.4, 0.5) is 0 Å². The molecule has 1 unspecified atom stereocenters. The van der Waals surface area contributed by atoms with Crippen molar-refractivity contribution >= 4 is 22.8 Å². The van der Waals surface area contributed by atoms with Crippen molar-refractivity contribution in [1.29, 1.82) is 0 Å². The number of nitrogens with two attached hydrogens (primary N) is 1. The van der Waals surface area contributed by atoms with Crippen LogP contribution in [0, 0.1) is 0 Å². The van der Waals surface area contributed by atoms with E-state index >= 15 is 0 Å². The summed E-state index contributed by atoms with van der Waals surface area (Å²) in [6.07, 6.45) is 3.03. The first-order valence-corrected chi connectivity index (χ1v) is 7.90. The lowest BCUT2D eigenvalue weighted by molar-refractivity contribution is 0.340. The highest BCUT2D eigenvalue weighted by molar-refractivity contribution is 7.98. The van der Waals surface area contributed by atoms with Crippen LogP contribution in [-0.4, -0.2) is 28.2 Å². The highest BCUT2D eigenvalue weighted by Gasteiger charge is 2.15. The van der Waals surface area contributed by atoms with Gasteiger partial charge in [0, 0.05) is 13.1 Å². The lowest BCUT2D eigenvalue weighted by Gasteiger charge is -2.10. The molecular formula is C14H21N3OS. The fourth-order valence-electron chi connectivity index (χ4n) is 2.16. The summed E-state index contributed by atoms with van der Waals surface area (Å²) in [5.41, 5.74) is 8.26. The van der Waals surface area contributed by atoms with E-state index in [1.807, 2.05) is 43.9 Å². The molecule has 19 heavy (non-hydrogen) atoms. The molecule has 2 rings (SSSR count). The Labute approximate surface area is 118 Å². The Balaban J connectivity index is 2.32. The minimum atomic E-state index is -0.0135. The van der Waals surface area contributed by atoms with Crippen molar-refractivity contribution in [2.45, 2.75) is 19.4 Å². The third kappa shape index (κ3) is 3.04. The predicted octanol–water partition coefficient (Wildman–Crippen LogP) is 2.72. The number of nitrogens with zero attached hydrogens (tertiary/aromatic N) is 2. The number of ether oxygens (including phenoxy) is 1. The molecule has 1 aromatic carbocycles. The van der Waals surface area contributed by atoms with Gasteiger partial charge in [-0.25, -0.2) is 4.98 Å². The smallest absolute Gasteiger partial charge is 0.126 e. The number of aryl methyl sites for hydroxylation is 1. The summed E-state index contributed by atoms with van der Waals surface area (Å²) in [7, 11) is 2.02. The van der Waals surface area contributed by atoms with Crippen molar-refractivity contribution in [3.05, 3.63) is 24.0 Å². The zero-order valence-electron chi connectivity index (χ0n) is 11.7. The number of aromatic nitrogens is 2. The number of hydrogen-bond donors (Lipinski definition) is 1. The summed E-state index contributed by atoms with van der Waals surface area (Å²) >= 11 is 1.81. The summed E-state index contributed by atoms with van der Waals surface area (Å²) in [6.45, 7) is 2.64. The normalized spacial score (nSPS) is 12.8. The molecule has 0 saturated carbocycles. The molecule has 2 aromatic rings. The lowest BCUT2D eigenvalue weighted by Crippen LogP contribution is -2.16. The summed E-state index contributed by atoms with van der Waals surface area (Å²) in [6, 6.07) is 5.98. The Hall–Kier alpha value is -1.20.